The molecule has 0 unspecified atom stereocenters. The zero-order valence-corrected chi connectivity index (χ0v) is 11.5. The van der Waals surface area contributed by atoms with Gasteiger partial charge in [0.05, 0.1) is 11.8 Å². The fourth-order valence-electron chi connectivity index (χ4n) is 2.31. The average molecular weight is 249 g/mol. The van der Waals surface area contributed by atoms with Gasteiger partial charge in [-0.05, 0) is 59.0 Å². The van der Waals surface area contributed by atoms with Crippen LogP contribution < -0.4 is 10.5 Å². The zero-order valence-electron chi connectivity index (χ0n) is 11.5. The topological polar surface area (TPSA) is 51.4 Å². The third-order valence-corrected chi connectivity index (χ3v) is 3.40. The number of nitrogen functional groups attached to an aromatic ring is 1. The van der Waals surface area contributed by atoms with Gasteiger partial charge in [0.1, 0.15) is 0 Å². The molecule has 1 aromatic rings. The molecule has 4 heteroatoms. The maximum atomic E-state index is 5.89. The highest BCUT2D eigenvalue weighted by Gasteiger charge is 2.20. The van der Waals surface area contributed by atoms with E-state index in [0.717, 1.165) is 31.6 Å². The molecule has 0 radical (unpaired) electrons. The summed E-state index contributed by atoms with van der Waals surface area (Å²) in [5.41, 5.74) is 7.64. The second-order valence-corrected chi connectivity index (χ2v) is 5.37. The molecule has 0 saturated carbocycles. The molecular formula is C14H23N3O. The second-order valence-electron chi connectivity index (χ2n) is 5.37. The van der Waals surface area contributed by atoms with Crippen LogP contribution >= 0.6 is 0 Å². The lowest BCUT2D eigenvalue weighted by molar-refractivity contribution is 0.229. The predicted octanol–water partition coefficient (Wildman–Crippen LogP) is 2.26. The lowest BCUT2D eigenvalue weighted by Crippen LogP contribution is -2.29. The number of rotatable bonds is 3. The molecule has 2 rings (SSSR count). The number of hydrogen-bond donors (Lipinski definition) is 1. The van der Waals surface area contributed by atoms with Gasteiger partial charge in [0.25, 0.3) is 0 Å². The van der Waals surface area contributed by atoms with Crippen LogP contribution in [0.15, 0.2) is 12.1 Å². The van der Waals surface area contributed by atoms with E-state index < -0.39 is 0 Å². The molecule has 1 saturated heterocycles. The first-order valence-electron chi connectivity index (χ1n) is 6.68. The molecule has 0 bridgehead atoms. The maximum absolute atomic E-state index is 5.89. The van der Waals surface area contributed by atoms with Crippen LogP contribution in [0.4, 0.5) is 5.69 Å². The smallest absolute Gasteiger partial charge is 0.237 e. The van der Waals surface area contributed by atoms with E-state index in [0.29, 0.717) is 17.5 Å². The molecule has 2 N–H and O–H groups in total. The summed E-state index contributed by atoms with van der Waals surface area (Å²) in [5, 5.41) is 0. The third kappa shape index (κ3) is 3.13. The molecule has 1 aliphatic heterocycles. The fourth-order valence-corrected chi connectivity index (χ4v) is 2.31. The molecule has 1 aromatic heterocycles. The summed E-state index contributed by atoms with van der Waals surface area (Å²) >= 11 is 0. The van der Waals surface area contributed by atoms with Gasteiger partial charge in [-0.25, -0.2) is 4.98 Å². The number of ether oxygens (including phenoxy) is 1. The van der Waals surface area contributed by atoms with Crippen molar-refractivity contribution in [3.8, 4) is 5.88 Å². The summed E-state index contributed by atoms with van der Waals surface area (Å²) in [5.74, 6) is 1.12. The van der Waals surface area contributed by atoms with Crippen molar-refractivity contribution in [1.29, 1.82) is 0 Å². The summed E-state index contributed by atoms with van der Waals surface area (Å²) in [6, 6.07) is 3.96. The molecular weight excluding hydrogens is 226 g/mol. The molecule has 0 atom stereocenters. The molecule has 4 nitrogen and oxygen atoms in total. The fraction of sp³-hybridized carbons (Fsp3) is 0.643. The van der Waals surface area contributed by atoms with Crippen molar-refractivity contribution in [2.75, 3.05) is 25.9 Å². The first kappa shape index (κ1) is 13.1. The molecule has 0 aromatic carbocycles. The van der Waals surface area contributed by atoms with Crippen molar-refractivity contribution in [3.05, 3.63) is 17.8 Å². The van der Waals surface area contributed by atoms with E-state index in [9.17, 15) is 0 Å². The molecule has 18 heavy (non-hydrogen) atoms. The van der Waals surface area contributed by atoms with Crippen LogP contribution in [0.3, 0.4) is 0 Å². The van der Waals surface area contributed by atoms with Crippen molar-refractivity contribution >= 4 is 5.69 Å². The average Bonchev–Trinajstić information content (AvgIpc) is 2.32. The maximum Gasteiger partial charge on any atom is 0.237 e. The number of likely N-dealkylation sites (tertiary alicyclic amines) is 1. The summed E-state index contributed by atoms with van der Waals surface area (Å²) in [7, 11) is 2.17. The number of aromatic nitrogens is 1. The van der Waals surface area contributed by atoms with E-state index in [1.54, 1.807) is 0 Å². The Bertz CT molecular complexity index is 398. The van der Waals surface area contributed by atoms with E-state index in [1.165, 1.54) is 0 Å². The Labute approximate surface area is 109 Å². The van der Waals surface area contributed by atoms with Crippen LogP contribution in [0.5, 0.6) is 5.88 Å². The van der Waals surface area contributed by atoms with Crippen LogP contribution in [-0.4, -0.2) is 36.1 Å². The van der Waals surface area contributed by atoms with Crippen molar-refractivity contribution in [1.82, 2.24) is 9.88 Å². The normalized spacial score (nSPS) is 18.2. The quantitative estimate of drug-likeness (QED) is 0.892. The number of piperidine rings is 1. The van der Waals surface area contributed by atoms with Gasteiger partial charge in [0.15, 0.2) is 0 Å². The second kappa shape index (κ2) is 5.57. The Hall–Kier alpha value is -1.29. The van der Waals surface area contributed by atoms with Crippen LogP contribution in [0.25, 0.3) is 0 Å². The van der Waals surface area contributed by atoms with Gasteiger partial charge in [0.2, 0.25) is 5.88 Å². The van der Waals surface area contributed by atoms with Gasteiger partial charge in [-0.3, -0.25) is 0 Å². The number of nitrogens with two attached hydrogens (primary N) is 1. The zero-order chi connectivity index (χ0) is 13.1. The molecule has 0 amide bonds. The van der Waals surface area contributed by atoms with Crippen molar-refractivity contribution in [3.63, 3.8) is 0 Å². The summed E-state index contributed by atoms with van der Waals surface area (Å²) < 4.78 is 5.65. The number of nitrogens with zero attached hydrogens (tertiary/aromatic N) is 2. The van der Waals surface area contributed by atoms with E-state index in [2.05, 4.69) is 16.9 Å². The SMILES string of the molecule is CC(C)Oc1nc(C2CCN(C)CC2)ccc1N. The molecule has 0 spiro atoms. The summed E-state index contributed by atoms with van der Waals surface area (Å²) in [6.07, 6.45) is 2.43. The number of anilines is 1. The van der Waals surface area contributed by atoms with Gasteiger partial charge in [0, 0.05) is 11.6 Å². The molecule has 0 aliphatic carbocycles. The van der Waals surface area contributed by atoms with Gasteiger partial charge in [-0.1, -0.05) is 0 Å². The van der Waals surface area contributed by atoms with Gasteiger partial charge < -0.3 is 15.4 Å². The highest BCUT2D eigenvalue weighted by molar-refractivity contribution is 5.48. The van der Waals surface area contributed by atoms with Crippen LogP contribution in [0.2, 0.25) is 0 Å². The summed E-state index contributed by atoms with van der Waals surface area (Å²) in [6.45, 7) is 6.25. The molecule has 1 fully saturated rings. The number of hydrogen-bond acceptors (Lipinski definition) is 4. The highest BCUT2D eigenvalue weighted by Crippen LogP contribution is 2.29. The minimum absolute atomic E-state index is 0.104. The van der Waals surface area contributed by atoms with Crippen molar-refractivity contribution in [2.45, 2.75) is 38.7 Å². The Balaban J connectivity index is 2.13. The predicted molar refractivity (Wildman–Crippen MR) is 73.9 cm³/mol. The van der Waals surface area contributed by atoms with Crippen LogP contribution in [0.1, 0.15) is 38.3 Å². The van der Waals surface area contributed by atoms with E-state index in [1.807, 2.05) is 26.0 Å². The van der Waals surface area contributed by atoms with E-state index in [-0.39, 0.29) is 6.10 Å². The standard InChI is InChI=1S/C14H23N3O/c1-10(2)18-14-12(15)4-5-13(16-14)11-6-8-17(3)9-7-11/h4-5,10-11H,6-9,15H2,1-3H3. The Morgan fingerprint density at radius 3 is 2.61 bits per heavy atom. The highest BCUT2D eigenvalue weighted by atomic mass is 16.5. The third-order valence-electron chi connectivity index (χ3n) is 3.40. The first-order valence-corrected chi connectivity index (χ1v) is 6.68. The molecule has 1 aliphatic rings. The van der Waals surface area contributed by atoms with Crippen molar-refractivity contribution in [2.24, 2.45) is 0 Å². The molecule has 100 valence electrons. The first-order chi connectivity index (χ1) is 8.56. The monoisotopic (exact) mass is 249 g/mol. The minimum Gasteiger partial charge on any atom is -0.473 e. The lowest BCUT2D eigenvalue weighted by atomic mass is 9.93. The Morgan fingerprint density at radius 2 is 2.00 bits per heavy atom. The Kier molecular flexibility index (Phi) is 4.07. The van der Waals surface area contributed by atoms with Crippen LogP contribution in [-0.2, 0) is 0 Å². The lowest BCUT2D eigenvalue weighted by Gasteiger charge is -2.28. The van der Waals surface area contributed by atoms with Gasteiger partial charge >= 0.3 is 0 Å². The molecule has 2 heterocycles. The van der Waals surface area contributed by atoms with Crippen LogP contribution in [0, 0.1) is 0 Å². The van der Waals surface area contributed by atoms with Gasteiger partial charge in [-0.2, -0.15) is 0 Å². The largest absolute Gasteiger partial charge is 0.473 e. The van der Waals surface area contributed by atoms with Crippen molar-refractivity contribution < 1.29 is 4.74 Å². The van der Waals surface area contributed by atoms with E-state index >= 15 is 0 Å². The minimum atomic E-state index is 0.104. The summed E-state index contributed by atoms with van der Waals surface area (Å²) in [4.78, 5) is 6.96. The van der Waals surface area contributed by atoms with E-state index in [4.69, 9.17) is 10.5 Å². The number of pyridine rings is 1. The Morgan fingerprint density at radius 1 is 1.33 bits per heavy atom. The van der Waals surface area contributed by atoms with Gasteiger partial charge in [-0.15, -0.1) is 0 Å².